The molecular formula is C17H16ClN5OS. The van der Waals surface area contributed by atoms with Crippen molar-refractivity contribution in [3.8, 4) is 0 Å². The molecule has 3 aromatic rings. The molecule has 128 valence electrons. The summed E-state index contributed by atoms with van der Waals surface area (Å²) in [5.41, 5.74) is 1.33. The van der Waals surface area contributed by atoms with E-state index in [9.17, 15) is 4.79 Å². The van der Waals surface area contributed by atoms with Gasteiger partial charge in [0, 0.05) is 36.5 Å². The van der Waals surface area contributed by atoms with Crippen molar-refractivity contribution in [1.82, 2.24) is 20.3 Å². The van der Waals surface area contributed by atoms with Gasteiger partial charge in [0.05, 0.1) is 16.4 Å². The van der Waals surface area contributed by atoms with Gasteiger partial charge >= 0.3 is 0 Å². The maximum atomic E-state index is 12.2. The summed E-state index contributed by atoms with van der Waals surface area (Å²) in [5, 5.41) is 4.78. The number of thiazole rings is 1. The van der Waals surface area contributed by atoms with Crippen molar-refractivity contribution in [1.29, 1.82) is 0 Å². The van der Waals surface area contributed by atoms with Crippen LogP contribution in [-0.2, 0) is 0 Å². The number of halogens is 1. The van der Waals surface area contributed by atoms with Crippen molar-refractivity contribution >= 4 is 44.2 Å². The summed E-state index contributed by atoms with van der Waals surface area (Å²) in [6, 6.07) is 5.91. The summed E-state index contributed by atoms with van der Waals surface area (Å²) in [6.45, 7) is 1.72. The number of amides is 1. The number of fused-ring (bicyclic) bond motifs is 1. The van der Waals surface area contributed by atoms with E-state index < -0.39 is 0 Å². The van der Waals surface area contributed by atoms with Gasteiger partial charge in [-0.05, 0) is 31.0 Å². The Morgan fingerprint density at radius 1 is 1.28 bits per heavy atom. The number of benzene rings is 1. The first-order chi connectivity index (χ1) is 12.2. The molecule has 0 aliphatic carbocycles. The molecule has 0 radical (unpaired) electrons. The molecule has 6 nitrogen and oxygen atoms in total. The van der Waals surface area contributed by atoms with Gasteiger partial charge in [-0.3, -0.25) is 9.78 Å². The number of anilines is 1. The van der Waals surface area contributed by atoms with Crippen LogP contribution >= 0.6 is 22.9 Å². The third-order valence-electron chi connectivity index (χ3n) is 4.24. The number of aromatic nitrogens is 3. The third kappa shape index (κ3) is 3.57. The van der Waals surface area contributed by atoms with Gasteiger partial charge in [0.15, 0.2) is 5.13 Å². The molecule has 2 aromatic heterocycles. The Labute approximate surface area is 153 Å². The first kappa shape index (κ1) is 16.2. The highest BCUT2D eigenvalue weighted by molar-refractivity contribution is 7.22. The number of hydrogen-bond acceptors (Lipinski definition) is 6. The summed E-state index contributed by atoms with van der Waals surface area (Å²) in [5.74, 6) is -0.166. The second-order valence-electron chi connectivity index (χ2n) is 5.93. The molecule has 25 heavy (non-hydrogen) atoms. The van der Waals surface area contributed by atoms with E-state index in [0.29, 0.717) is 5.69 Å². The predicted molar refractivity (Wildman–Crippen MR) is 99.4 cm³/mol. The van der Waals surface area contributed by atoms with Crippen molar-refractivity contribution in [2.75, 3.05) is 18.0 Å². The fourth-order valence-electron chi connectivity index (χ4n) is 2.91. The average Bonchev–Trinajstić information content (AvgIpc) is 3.06. The molecule has 1 aromatic carbocycles. The number of nitrogens with zero attached hydrogens (tertiary/aromatic N) is 4. The first-order valence-corrected chi connectivity index (χ1v) is 9.26. The van der Waals surface area contributed by atoms with Crippen LogP contribution < -0.4 is 10.2 Å². The topological polar surface area (TPSA) is 71.0 Å². The van der Waals surface area contributed by atoms with Gasteiger partial charge in [0.2, 0.25) is 0 Å². The van der Waals surface area contributed by atoms with Crippen molar-refractivity contribution in [2.24, 2.45) is 0 Å². The van der Waals surface area contributed by atoms with E-state index >= 15 is 0 Å². The van der Waals surface area contributed by atoms with Crippen LogP contribution in [0.15, 0.2) is 36.8 Å². The van der Waals surface area contributed by atoms with Gasteiger partial charge in [-0.15, -0.1) is 0 Å². The predicted octanol–water partition coefficient (Wildman–Crippen LogP) is 3.14. The van der Waals surface area contributed by atoms with Crippen molar-refractivity contribution in [2.45, 2.75) is 18.9 Å². The Balaban J connectivity index is 1.38. The Hall–Kier alpha value is -2.25. The molecule has 0 unspecified atom stereocenters. The molecule has 0 spiro atoms. The maximum Gasteiger partial charge on any atom is 0.271 e. The standard InChI is InChI=1S/C17H16ClN5OS/c18-11-1-2-13-15(9-11)25-17(22-13)23-7-3-12(4-8-23)21-16(24)14-10-19-5-6-20-14/h1-2,5-6,9-10,12H,3-4,7-8H2,(H,21,24). The van der Waals surface area contributed by atoms with Crippen molar-refractivity contribution < 1.29 is 4.79 Å². The molecule has 4 rings (SSSR count). The van der Waals surface area contributed by atoms with Crippen LogP contribution in [0, 0.1) is 0 Å². The molecule has 0 atom stereocenters. The van der Waals surface area contributed by atoms with E-state index in [1.165, 1.54) is 12.4 Å². The van der Waals surface area contributed by atoms with E-state index in [2.05, 4.69) is 20.2 Å². The van der Waals surface area contributed by atoms with Crippen molar-refractivity contribution in [3.63, 3.8) is 0 Å². The highest BCUT2D eigenvalue weighted by Gasteiger charge is 2.23. The van der Waals surface area contributed by atoms with Crippen LogP contribution in [0.25, 0.3) is 10.2 Å². The normalized spacial score (nSPS) is 15.5. The average molecular weight is 374 g/mol. The highest BCUT2D eigenvalue weighted by atomic mass is 35.5. The van der Waals surface area contributed by atoms with E-state index in [-0.39, 0.29) is 11.9 Å². The van der Waals surface area contributed by atoms with Gasteiger partial charge in [-0.2, -0.15) is 0 Å². The Bertz CT molecular complexity index is 892. The molecule has 0 saturated carbocycles. The lowest BCUT2D eigenvalue weighted by molar-refractivity contribution is 0.0925. The van der Waals surface area contributed by atoms with Gasteiger partial charge in [-0.25, -0.2) is 9.97 Å². The smallest absolute Gasteiger partial charge is 0.271 e. The highest BCUT2D eigenvalue weighted by Crippen LogP contribution is 2.32. The van der Waals surface area contributed by atoms with Crippen LogP contribution in [-0.4, -0.2) is 40.0 Å². The van der Waals surface area contributed by atoms with E-state index in [0.717, 1.165) is 46.3 Å². The monoisotopic (exact) mass is 373 g/mol. The number of rotatable bonds is 3. The number of carbonyl (C=O) groups is 1. The molecular weight excluding hydrogens is 358 g/mol. The van der Waals surface area contributed by atoms with Crippen LogP contribution in [0.3, 0.4) is 0 Å². The minimum Gasteiger partial charge on any atom is -0.348 e. The van der Waals surface area contributed by atoms with Crippen LogP contribution in [0.1, 0.15) is 23.3 Å². The van der Waals surface area contributed by atoms with E-state index in [4.69, 9.17) is 16.6 Å². The van der Waals surface area contributed by atoms with Gasteiger partial charge < -0.3 is 10.2 Å². The Morgan fingerprint density at radius 2 is 2.12 bits per heavy atom. The number of nitrogens with one attached hydrogen (secondary N) is 1. The largest absolute Gasteiger partial charge is 0.348 e. The van der Waals surface area contributed by atoms with Crippen LogP contribution in [0.2, 0.25) is 5.02 Å². The van der Waals surface area contributed by atoms with Crippen LogP contribution in [0.5, 0.6) is 0 Å². The van der Waals surface area contributed by atoms with E-state index in [1.54, 1.807) is 17.5 Å². The number of piperidine rings is 1. The van der Waals surface area contributed by atoms with E-state index in [1.807, 2.05) is 18.2 Å². The fraction of sp³-hybridized carbons (Fsp3) is 0.294. The number of carbonyl (C=O) groups excluding carboxylic acids is 1. The number of hydrogen-bond donors (Lipinski definition) is 1. The van der Waals surface area contributed by atoms with Gasteiger partial charge in [0.1, 0.15) is 5.69 Å². The van der Waals surface area contributed by atoms with Crippen molar-refractivity contribution in [3.05, 3.63) is 47.5 Å². The summed E-state index contributed by atoms with van der Waals surface area (Å²) < 4.78 is 1.10. The summed E-state index contributed by atoms with van der Waals surface area (Å²) in [4.78, 5) is 27.1. The minimum absolute atomic E-state index is 0.148. The molecule has 1 N–H and O–H groups in total. The molecule has 0 bridgehead atoms. The lowest BCUT2D eigenvalue weighted by Crippen LogP contribution is -2.44. The summed E-state index contributed by atoms with van der Waals surface area (Å²) in [6.07, 6.45) is 6.32. The molecule has 1 amide bonds. The molecule has 1 aliphatic heterocycles. The second-order valence-corrected chi connectivity index (χ2v) is 7.38. The Kier molecular flexibility index (Phi) is 4.50. The van der Waals surface area contributed by atoms with Crippen LogP contribution in [0.4, 0.5) is 5.13 Å². The molecule has 1 saturated heterocycles. The molecule has 1 fully saturated rings. The maximum absolute atomic E-state index is 12.2. The lowest BCUT2D eigenvalue weighted by atomic mass is 10.1. The third-order valence-corrected chi connectivity index (χ3v) is 5.55. The van der Waals surface area contributed by atoms with Gasteiger partial charge in [0.25, 0.3) is 5.91 Å². The lowest BCUT2D eigenvalue weighted by Gasteiger charge is -2.32. The summed E-state index contributed by atoms with van der Waals surface area (Å²) >= 11 is 7.70. The van der Waals surface area contributed by atoms with Gasteiger partial charge in [-0.1, -0.05) is 22.9 Å². The first-order valence-electron chi connectivity index (χ1n) is 8.07. The molecule has 8 heteroatoms. The second kappa shape index (κ2) is 6.93. The zero-order chi connectivity index (χ0) is 17.2. The zero-order valence-corrected chi connectivity index (χ0v) is 14.9. The molecule has 3 heterocycles. The quantitative estimate of drug-likeness (QED) is 0.763. The SMILES string of the molecule is O=C(NC1CCN(c2nc3ccc(Cl)cc3s2)CC1)c1cnccn1. The summed E-state index contributed by atoms with van der Waals surface area (Å²) in [7, 11) is 0. The Morgan fingerprint density at radius 3 is 2.88 bits per heavy atom. The minimum atomic E-state index is -0.166. The zero-order valence-electron chi connectivity index (χ0n) is 13.4. The molecule has 1 aliphatic rings. The fourth-order valence-corrected chi connectivity index (χ4v) is 4.21.